The van der Waals surface area contributed by atoms with Crippen molar-refractivity contribution in [2.75, 3.05) is 0 Å². The van der Waals surface area contributed by atoms with Gasteiger partial charge >= 0.3 is 5.69 Å². The molecule has 7 heteroatoms. The summed E-state index contributed by atoms with van der Waals surface area (Å²) in [6.07, 6.45) is 0. The number of nitro groups is 1. The number of rotatable bonds is 1. The largest absolute Gasteiger partial charge is 0.344 e. The summed E-state index contributed by atoms with van der Waals surface area (Å²) in [5.74, 6) is -8.09. The molecule has 0 atom stereocenters. The molecule has 0 unspecified atom stereocenters. The third-order valence-electron chi connectivity index (χ3n) is 1.20. The summed E-state index contributed by atoms with van der Waals surface area (Å²) < 4.78 is 49.3. The predicted molar refractivity (Wildman–Crippen MR) is 31.8 cm³/mol. The maximum Gasteiger partial charge on any atom is 0.344 e. The van der Waals surface area contributed by atoms with Crippen molar-refractivity contribution >= 4 is 5.69 Å². The molecule has 1 rings (SSSR count). The molecular formula is C6F4NO2. The summed E-state index contributed by atoms with van der Waals surface area (Å²) in [4.78, 5) is 8.43. The van der Waals surface area contributed by atoms with Gasteiger partial charge in [-0.2, -0.15) is 8.78 Å². The van der Waals surface area contributed by atoms with Crippen molar-refractivity contribution in [1.82, 2.24) is 0 Å². The molecule has 0 bridgehead atoms. The average molecular weight is 194 g/mol. The Hall–Kier alpha value is -1.66. The molecule has 1 aromatic carbocycles. The van der Waals surface area contributed by atoms with Crippen LogP contribution in [0.5, 0.6) is 0 Å². The first-order chi connectivity index (χ1) is 5.95. The molecule has 0 aliphatic rings. The molecule has 0 saturated carbocycles. The molecule has 69 valence electrons. The van der Waals surface area contributed by atoms with Crippen LogP contribution in [0.15, 0.2) is 0 Å². The minimum Gasteiger partial charge on any atom is -0.258 e. The maximum absolute atomic E-state index is 12.5. The van der Waals surface area contributed by atoms with E-state index in [4.69, 9.17) is 0 Å². The lowest BCUT2D eigenvalue weighted by molar-refractivity contribution is -0.390. The van der Waals surface area contributed by atoms with Crippen LogP contribution in [-0.2, 0) is 0 Å². The van der Waals surface area contributed by atoms with Crippen LogP contribution < -0.4 is 0 Å². The van der Waals surface area contributed by atoms with Crippen LogP contribution in [0.2, 0.25) is 0 Å². The number of nitro benzene ring substituents is 1. The van der Waals surface area contributed by atoms with Crippen molar-refractivity contribution < 1.29 is 22.5 Å². The molecule has 0 aliphatic carbocycles. The van der Waals surface area contributed by atoms with E-state index in [2.05, 4.69) is 0 Å². The van der Waals surface area contributed by atoms with E-state index in [9.17, 15) is 27.7 Å². The highest BCUT2D eigenvalue weighted by molar-refractivity contribution is 5.34. The molecule has 1 aromatic rings. The molecule has 3 nitrogen and oxygen atoms in total. The fourth-order valence-corrected chi connectivity index (χ4v) is 0.667. The van der Waals surface area contributed by atoms with Gasteiger partial charge in [0, 0.05) is 0 Å². The van der Waals surface area contributed by atoms with Gasteiger partial charge in [-0.3, -0.25) is 10.1 Å². The fourth-order valence-electron chi connectivity index (χ4n) is 0.667. The first-order valence-electron chi connectivity index (χ1n) is 2.84. The van der Waals surface area contributed by atoms with E-state index in [1.807, 2.05) is 0 Å². The molecular weight excluding hydrogens is 194 g/mol. The Kier molecular flexibility index (Phi) is 2.18. The highest BCUT2D eigenvalue weighted by Gasteiger charge is 2.28. The van der Waals surface area contributed by atoms with Gasteiger partial charge in [-0.25, -0.2) is 8.78 Å². The first-order valence-corrected chi connectivity index (χ1v) is 2.84. The summed E-state index contributed by atoms with van der Waals surface area (Å²) in [5, 5.41) is 9.92. The number of nitrogens with zero attached hydrogens (tertiary/aromatic N) is 1. The van der Waals surface area contributed by atoms with Gasteiger partial charge < -0.3 is 0 Å². The summed E-state index contributed by atoms with van der Waals surface area (Å²) in [5.41, 5.74) is -1.75. The second kappa shape index (κ2) is 3.00. The molecule has 0 spiro atoms. The maximum atomic E-state index is 12.5. The van der Waals surface area contributed by atoms with Crippen molar-refractivity contribution in [1.29, 1.82) is 0 Å². The van der Waals surface area contributed by atoms with E-state index in [1.54, 1.807) is 0 Å². The topological polar surface area (TPSA) is 43.1 Å². The Morgan fingerprint density at radius 2 is 1.62 bits per heavy atom. The Morgan fingerprint density at radius 3 is 2.08 bits per heavy atom. The highest BCUT2D eigenvalue weighted by Crippen LogP contribution is 2.24. The smallest absolute Gasteiger partial charge is 0.258 e. The summed E-state index contributed by atoms with van der Waals surface area (Å²) in [6, 6.07) is 1.04. The number of hydrogen-bond acceptors (Lipinski definition) is 2. The van der Waals surface area contributed by atoms with E-state index >= 15 is 0 Å². The lowest BCUT2D eigenvalue weighted by Crippen LogP contribution is -2.02. The van der Waals surface area contributed by atoms with Crippen molar-refractivity contribution in [2.24, 2.45) is 0 Å². The second-order valence-electron chi connectivity index (χ2n) is 1.99. The van der Waals surface area contributed by atoms with Gasteiger partial charge in [-0.1, -0.05) is 0 Å². The van der Waals surface area contributed by atoms with E-state index in [0.717, 1.165) is 6.07 Å². The Balaban J connectivity index is 3.53. The zero-order valence-electron chi connectivity index (χ0n) is 5.78. The van der Waals surface area contributed by atoms with Gasteiger partial charge in [0.05, 0.1) is 11.0 Å². The van der Waals surface area contributed by atoms with Crippen LogP contribution in [0.1, 0.15) is 0 Å². The second-order valence-corrected chi connectivity index (χ2v) is 1.99. The zero-order valence-corrected chi connectivity index (χ0v) is 5.78. The lowest BCUT2D eigenvalue weighted by atomic mass is 10.2. The SMILES string of the molecule is O=[N+]([O-])c1c(F)[c]c(F)c(F)c1F. The summed E-state index contributed by atoms with van der Waals surface area (Å²) in [6.45, 7) is 0. The molecule has 0 aromatic heterocycles. The van der Waals surface area contributed by atoms with Crippen LogP contribution >= 0.6 is 0 Å². The Bertz CT molecular complexity index is 379. The van der Waals surface area contributed by atoms with Crippen molar-refractivity contribution in [3.8, 4) is 0 Å². The number of hydrogen-bond donors (Lipinski definition) is 0. The van der Waals surface area contributed by atoms with Gasteiger partial charge in [0.2, 0.25) is 17.5 Å². The predicted octanol–water partition coefficient (Wildman–Crippen LogP) is 1.95. The van der Waals surface area contributed by atoms with E-state index in [-0.39, 0.29) is 0 Å². The fraction of sp³-hybridized carbons (Fsp3) is 0. The number of halogens is 4. The molecule has 0 saturated heterocycles. The monoisotopic (exact) mass is 194 g/mol. The van der Waals surface area contributed by atoms with Crippen LogP contribution in [0.3, 0.4) is 0 Å². The molecule has 0 N–H and O–H groups in total. The molecule has 1 radical (unpaired) electrons. The third-order valence-corrected chi connectivity index (χ3v) is 1.20. The van der Waals surface area contributed by atoms with Crippen LogP contribution in [0, 0.1) is 39.4 Å². The van der Waals surface area contributed by atoms with Gasteiger partial charge in [0.1, 0.15) is 0 Å². The summed E-state index contributed by atoms with van der Waals surface area (Å²) >= 11 is 0. The zero-order chi connectivity index (χ0) is 10.2. The van der Waals surface area contributed by atoms with Crippen molar-refractivity contribution in [2.45, 2.75) is 0 Å². The van der Waals surface area contributed by atoms with Gasteiger partial charge in [0.15, 0.2) is 5.82 Å². The highest BCUT2D eigenvalue weighted by atomic mass is 19.2. The third kappa shape index (κ3) is 1.44. The van der Waals surface area contributed by atoms with Crippen LogP contribution in [0.4, 0.5) is 23.2 Å². The average Bonchev–Trinajstić information content (AvgIpc) is 1.99. The molecule has 0 aliphatic heterocycles. The molecule has 0 heterocycles. The minimum absolute atomic E-state index is 1.04. The normalized spacial score (nSPS) is 10.2. The van der Waals surface area contributed by atoms with Crippen molar-refractivity contribution in [3.63, 3.8) is 0 Å². The molecule has 0 fully saturated rings. The van der Waals surface area contributed by atoms with Gasteiger partial charge in [-0.05, 0) is 0 Å². The van der Waals surface area contributed by atoms with Crippen molar-refractivity contribution in [3.05, 3.63) is 39.4 Å². The van der Waals surface area contributed by atoms with Crippen LogP contribution in [0.25, 0.3) is 0 Å². The van der Waals surface area contributed by atoms with E-state index < -0.39 is 33.9 Å². The van der Waals surface area contributed by atoms with Gasteiger partial charge in [-0.15, -0.1) is 0 Å². The van der Waals surface area contributed by atoms with Gasteiger partial charge in [0.25, 0.3) is 0 Å². The molecule has 0 amide bonds. The van der Waals surface area contributed by atoms with E-state index in [0.29, 0.717) is 0 Å². The standard InChI is InChI=1S/C6F4NO2/c7-2-1-3(8)6(11(12)13)5(10)4(2)9. The first kappa shape index (κ1) is 9.43. The quantitative estimate of drug-likeness (QED) is 0.225. The number of benzene rings is 1. The van der Waals surface area contributed by atoms with Crippen LogP contribution in [-0.4, -0.2) is 4.92 Å². The van der Waals surface area contributed by atoms with E-state index in [1.165, 1.54) is 0 Å². The Morgan fingerprint density at radius 1 is 1.08 bits per heavy atom. The Labute approximate surface area is 68.7 Å². The summed E-state index contributed by atoms with van der Waals surface area (Å²) in [7, 11) is 0. The molecule has 13 heavy (non-hydrogen) atoms. The minimum atomic E-state index is -2.17. The lowest BCUT2D eigenvalue weighted by Gasteiger charge is -1.97.